The number of benzene rings is 1. The number of nitrogens with one attached hydrogen (secondary N) is 1. The third-order valence-corrected chi connectivity index (χ3v) is 8.91. The van der Waals surface area contributed by atoms with Gasteiger partial charge in [-0.2, -0.15) is 17.5 Å². The number of piperidine rings is 1. The molecule has 6 nitrogen and oxygen atoms in total. The van der Waals surface area contributed by atoms with E-state index < -0.39 is 27.8 Å². The molecule has 1 saturated heterocycles. The van der Waals surface area contributed by atoms with Crippen LogP contribution < -0.4 is 5.32 Å². The van der Waals surface area contributed by atoms with Gasteiger partial charge in [0.1, 0.15) is 10.5 Å². The number of pyridine rings is 1. The standard InChI is InChI=1S/C22H22F3N3O3S2/c1-13-9-11-28(12-10-13)33(30,31)16-5-3-15(4-6-16)26-20(29)19-14(2)17-7-8-18(22(23,24)25)27-21(17)32-19/h3-8,13H,9-12H2,1-2H3,(H,26,29). The van der Waals surface area contributed by atoms with Crippen LogP contribution in [0.2, 0.25) is 0 Å². The van der Waals surface area contributed by atoms with Crippen LogP contribution in [0.1, 0.15) is 40.7 Å². The summed E-state index contributed by atoms with van der Waals surface area (Å²) < 4.78 is 66.0. The van der Waals surface area contributed by atoms with Crippen molar-refractivity contribution in [3.8, 4) is 0 Å². The van der Waals surface area contributed by atoms with E-state index in [1.165, 1.54) is 34.6 Å². The second-order valence-electron chi connectivity index (χ2n) is 8.17. The highest BCUT2D eigenvalue weighted by Crippen LogP contribution is 2.34. The summed E-state index contributed by atoms with van der Waals surface area (Å²) >= 11 is 0.882. The van der Waals surface area contributed by atoms with Crippen LogP contribution in [-0.4, -0.2) is 36.7 Å². The van der Waals surface area contributed by atoms with Crippen molar-refractivity contribution in [2.75, 3.05) is 18.4 Å². The maximum Gasteiger partial charge on any atom is 0.433 e. The van der Waals surface area contributed by atoms with Gasteiger partial charge in [0.25, 0.3) is 5.91 Å². The van der Waals surface area contributed by atoms with Gasteiger partial charge in [0.15, 0.2) is 0 Å². The number of anilines is 1. The summed E-state index contributed by atoms with van der Waals surface area (Å²) in [6.45, 7) is 4.72. The summed E-state index contributed by atoms with van der Waals surface area (Å²) in [5.41, 5.74) is -0.0950. The van der Waals surface area contributed by atoms with E-state index in [-0.39, 0.29) is 14.6 Å². The normalized spacial score (nSPS) is 16.3. The van der Waals surface area contributed by atoms with Crippen molar-refractivity contribution in [1.82, 2.24) is 9.29 Å². The molecule has 0 bridgehead atoms. The first kappa shape index (κ1) is 23.7. The Bertz CT molecular complexity index is 1290. The maximum atomic E-state index is 12.9. The number of rotatable bonds is 4. The number of nitrogens with zero attached hydrogens (tertiary/aromatic N) is 2. The number of halogens is 3. The highest BCUT2D eigenvalue weighted by Gasteiger charge is 2.33. The fourth-order valence-electron chi connectivity index (χ4n) is 3.75. The lowest BCUT2D eigenvalue weighted by Crippen LogP contribution is -2.37. The highest BCUT2D eigenvalue weighted by atomic mass is 32.2. The average molecular weight is 498 g/mol. The first-order chi connectivity index (χ1) is 15.5. The summed E-state index contributed by atoms with van der Waals surface area (Å²) in [6, 6.07) is 8.09. The highest BCUT2D eigenvalue weighted by molar-refractivity contribution is 7.89. The average Bonchev–Trinajstić information content (AvgIpc) is 3.10. The van der Waals surface area contributed by atoms with Gasteiger partial charge in [-0.3, -0.25) is 4.79 Å². The maximum absolute atomic E-state index is 12.9. The minimum absolute atomic E-state index is 0.129. The van der Waals surface area contributed by atoms with Crippen molar-refractivity contribution in [2.24, 2.45) is 5.92 Å². The molecule has 3 heterocycles. The van der Waals surface area contributed by atoms with Gasteiger partial charge in [0.05, 0.1) is 9.77 Å². The van der Waals surface area contributed by atoms with Gasteiger partial charge < -0.3 is 5.32 Å². The van der Waals surface area contributed by atoms with Crippen LogP contribution in [0.3, 0.4) is 0 Å². The molecule has 0 unspecified atom stereocenters. The Morgan fingerprint density at radius 3 is 2.36 bits per heavy atom. The van der Waals surface area contributed by atoms with Crippen LogP contribution in [0.15, 0.2) is 41.3 Å². The molecule has 4 rings (SSSR count). The molecule has 1 aliphatic rings. The third-order valence-electron chi connectivity index (χ3n) is 5.79. The number of alkyl halides is 3. The molecule has 1 aliphatic heterocycles. The lowest BCUT2D eigenvalue weighted by molar-refractivity contribution is -0.140. The van der Waals surface area contributed by atoms with E-state index in [9.17, 15) is 26.4 Å². The van der Waals surface area contributed by atoms with Gasteiger partial charge in [0.2, 0.25) is 10.0 Å². The predicted octanol–water partition coefficient (Wildman–Crippen LogP) is 5.30. The van der Waals surface area contributed by atoms with Gasteiger partial charge in [0, 0.05) is 24.2 Å². The van der Waals surface area contributed by atoms with Crippen LogP contribution >= 0.6 is 11.3 Å². The molecule has 1 fully saturated rings. The van der Waals surface area contributed by atoms with E-state index >= 15 is 0 Å². The molecular formula is C22H22F3N3O3S2. The fraction of sp³-hybridized carbons (Fsp3) is 0.364. The van der Waals surface area contributed by atoms with E-state index in [0.29, 0.717) is 35.6 Å². The third kappa shape index (κ3) is 4.75. The predicted molar refractivity (Wildman–Crippen MR) is 121 cm³/mol. The number of aromatic nitrogens is 1. The zero-order chi connectivity index (χ0) is 24.0. The first-order valence-electron chi connectivity index (χ1n) is 10.4. The quantitative estimate of drug-likeness (QED) is 0.531. The molecule has 11 heteroatoms. The van der Waals surface area contributed by atoms with Gasteiger partial charge in [-0.1, -0.05) is 6.92 Å². The summed E-state index contributed by atoms with van der Waals surface area (Å²) in [7, 11) is -3.60. The van der Waals surface area contributed by atoms with Crippen molar-refractivity contribution in [1.29, 1.82) is 0 Å². The molecule has 1 amide bonds. The second kappa shape index (κ2) is 8.69. The Morgan fingerprint density at radius 2 is 1.76 bits per heavy atom. The summed E-state index contributed by atoms with van der Waals surface area (Å²) in [5, 5.41) is 3.16. The second-order valence-corrected chi connectivity index (χ2v) is 11.1. The molecule has 33 heavy (non-hydrogen) atoms. The molecule has 0 saturated carbocycles. The van der Waals surface area contributed by atoms with Crippen LogP contribution in [0.25, 0.3) is 10.2 Å². The largest absolute Gasteiger partial charge is 0.433 e. The van der Waals surface area contributed by atoms with Gasteiger partial charge >= 0.3 is 6.18 Å². The van der Waals surface area contributed by atoms with E-state index in [1.54, 1.807) is 6.92 Å². The van der Waals surface area contributed by atoms with E-state index in [2.05, 4.69) is 17.2 Å². The Balaban J connectivity index is 1.52. The molecule has 0 spiro atoms. The minimum Gasteiger partial charge on any atom is -0.321 e. The first-order valence-corrected chi connectivity index (χ1v) is 12.6. The lowest BCUT2D eigenvalue weighted by Gasteiger charge is -2.29. The van der Waals surface area contributed by atoms with Gasteiger partial charge in [-0.05, 0) is 67.6 Å². The number of carbonyl (C=O) groups excluding carboxylic acids is 1. The zero-order valence-corrected chi connectivity index (χ0v) is 19.6. The van der Waals surface area contributed by atoms with Crippen molar-refractivity contribution in [2.45, 2.75) is 37.8 Å². The number of hydrogen-bond donors (Lipinski definition) is 1. The SMILES string of the molecule is Cc1c(C(=O)Nc2ccc(S(=O)(=O)N3CCC(C)CC3)cc2)sc2nc(C(F)(F)F)ccc12. The van der Waals surface area contributed by atoms with Gasteiger partial charge in [-0.15, -0.1) is 11.3 Å². The molecule has 2 aromatic heterocycles. The molecule has 0 atom stereocenters. The van der Waals surface area contributed by atoms with E-state index in [0.717, 1.165) is 30.2 Å². The smallest absolute Gasteiger partial charge is 0.321 e. The fourth-order valence-corrected chi connectivity index (χ4v) is 6.29. The molecular weight excluding hydrogens is 475 g/mol. The van der Waals surface area contributed by atoms with Crippen molar-refractivity contribution in [3.05, 3.63) is 52.5 Å². The molecule has 1 aromatic carbocycles. The Kier molecular flexibility index (Phi) is 6.23. The number of sulfonamides is 1. The number of amides is 1. The lowest BCUT2D eigenvalue weighted by atomic mass is 10.0. The van der Waals surface area contributed by atoms with Crippen molar-refractivity contribution < 1.29 is 26.4 Å². The Morgan fingerprint density at radius 1 is 1.12 bits per heavy atom. The molecule has 0 aliphatic carbocycles. The van der Waals surface area contributed by atoms with Crippen molar-refractivity contribution in [3.63, 3.8) is 0 Å². The number of carbonyl (C=O) groups is 1. The van der Waals surface area contributed by atoms with E-state index in [1.807, 2.05) is 0 Å². The molecule has 1 N–H and O–H groups in total. The van der Waals surface area contributed by atoms with E-state index in [4.69, 9.17) is 0 Å². The molecule has 3 aromatic rings. The van der Waals surface area contributed by atoms with Crippen LogP contribution in [0.4, 0.5) is 18.9 Å². The topological polar surface area (TPSA) is 79.4 Å². The summed E-state index contributed by atoms with van der Waals surface area (Å²) in [6.07, 6.45) is -2.93. The minimum atomic E-state index is -4.57. The van der Waals surface area contributed by atoms with Crippen LogP contribution in [-0.2, 0) is 16.2 Å². The molecule has 0 radical (unpaired) electrons. The number of thiophene rings is 1. The monoisotopic (exact) mass is 497 g/mol. The van der Waals surface area contributed by atoms with Gasteiger partial charge in [-0.25, -0.2) is 13.4 Å². The number of aryl methyl sites for hydroxylation is 1. The van der Waals surface area contributed by atoms with Crippen LogP contribution in [0, 0.1) is 12.8 Å². The Labute approximate surface area is 193 Å². The summed E-state index contributed by atoms with van der Waals surface area (Å²) in [5.74, 6) is 0.00586. The zero-order valence-electron chi connectivity index (χ0n) is 17.9. The summed E-state index contributed by atoms with van der Waals surface area (Å²) in [4.78, 5) is 16.9. The molecule has 176 valence electrons. The Hall–Kier alpha value is -2.50. The van der Waals surface area contributed by atoms with Crippen LogP contribution in [0.5, 0.6) is 0 Å². The number of hydrogen-bond acceptors (Lipinski definition) is 5. The number of fused-ring (bicyclic) bond motifs is 1. The van der Waals surface area contributed by atoms with Crippen molar-refractivity contribution >= 4 is 43.2 Å².